The molecule has 110 valence electrons. The molecule has 10 heteroatoms. The van der Waals surface area contributed by atoms with Gasteiger partial charge in [0.25, 0.3) is 0 Å². The quantitative estimate of drug-likeness (QED) is 0.541. The number of rotatable bonds is 1. The third-order valence-electron chi connectivity index (χ3n) is 2.52. The van der Waals surface area contributed by atoms with E-state index in [0.717, 1.165) is 0 Å². The third kappa shape index (κ3) is 4.55. The highest BCUT2D eigenvalue weighted by Crippen LogP contribution is 2.25. The van der Waals surface area contributed by atoms with Crippen molar-refractivity contribution in [3.05, 3.63) is 0 Å². The fourth-order valence-corrected chi connectivity index (χ4v) is 1.75. The normalized spacial score (nSPS) is 19.7. The molecule has 1 saturated heterocycles. The summed E-state index contributed by atoms with van der Waals surface area (Å²) in [6.45, 7) is -0.594. The van der Waals surface area contributed by atoms with Crippen LogP contribution in [0.1, 0.15) is 12.8 Å². The summed E-state index contributed by atoms with van der Waals surface area (Å²) in [6, 6.07) is -0.827. The van der Waals surface area contributed by atoms with Crippen molar-refractivity contribution in [1.82, 2.24) is 4.90 Å². The Labute approximate surface area is 109 Å². The first-order valence-corrected chi connectivity index (χ1v) is 5.56. The van der Waals surface area contributed by atoms with Crippen LogP contribution in [0.15, 0.2) is 4.99 Å². The van der Waals surface area contributed by atoms with E-state index in [2.05, 4.69) is 4.99 Å². The number of hydrogen-bond donors (Lipinski definition) is 0. The number of carbonyl (C=O) groups is 1. The minimum absolute atomic E-state index is 0.0892. The van der Waals surface area contributed by atoms with Gasteiger partial charge in [-0.15, -0.1) is 0 Å². The van der Waals surface area contributed by atoms with Crippen LogP contribution in [0.25, 0.3) is 0 Å². The van der Waals surface area contributed by atoms with Gasteiger partial charge in [-0.2, -0.15) is 26.3 Å². The predicted octanol–water partition coefficient (Wildman–Crippen LogP) is 2.74. The van der Waals surface area contributed by atoms with Crippen LogP contribution >= 0.6 is 11.6 Å². The van der Waals surface area contributed by atoms with E-state index in [4.69, 9.17) is 11.6 Å². The van der Waals surface area contributed by atoms with Gasteiger partial charge in [-0.3, -0.25) is 9.79 Å². The van der Waals surface area contributed by atoms with Gasteiger partial charge in [0, 0.05) is 13.1 Å². The number of carbonyl (C=O) groups excluding carboxylic acids is 1. The van der Waals surface area contributed by atoms with Gasteiger partial charge in [0.1, 0.15) is 0 Å². The largest absolute Gasteiger partial charge is 0.471 e. The SMILES string of the molecule is O=C(N1CCC(N=C(Cl)C(F)(F)F)CC1)C(F)(F)F. The van der Waals surface area contributed by atoms with Gasteiger partial charge in [-0.25, -0.2) is 0 Å². The number of halogens is 7. The molecular formula is C9H9ClF6N2O. The first kappa shape index (κ1) is 16.1. The molecule has 0 aromatic heterocycles. The molecule has 0 spiro atoms. The minimum Gasteiger partial charge on any atom is -0.335 e. The van der Waals surface area contributed by atoms with E-state index in [1.54, 1.807) is 0 Å². The molecule has 1 rings (SSSR count). The number of aliphatic imine (C=N–C) groups is 1. The molecule has 19 heavy (non-hydrogen) atoms. The summed E-state index contributed by atoms with van der Waals surface area (Å²) in [5.41, 5.74) is 0. The summed E-state index contributed by atoms with van der Waals surface area (Å²) in [5, 5.41) is -1.53. The van der Waals surface area contributed by atoms with Crippen molar-refractivity contribution in [1.29, 1.82) is 0 Å². The summed E-state index contributed by atoms with van der Waals surface area (Å²) in [7, 11) is 0. The molecule has 0 bridgehead atoms. The Bertz CT molecular complexity index is 370. The van der Waals surface area contributed by atoms with Crippen LogP contribution in [0.5, 0.6) is 0 Å². The maximum Gasteiger partial charge on any atom is 0.471 e. The lowest BCUT2D eigenvalue weighted by Crippen LogP contribution is -2.46. The Balaban J connectivity index is 2.57. The van der Waals surface area contributed by atoms with Crippen molar-refractivity contribution in [2.75, 3.05) is 13.1 Å². The highest BCUT2D eigenvalue weighted by Gasteiger charge is 2.43. The van der Waals surface area contributed by atoms with Crippen molar-refractivity contribution in [2.45, 2.75) is 31.2 Å². The van der Waals surface area contributed by atoms with Gasteiger partial charge < -0.3 is 4.90 Å². The first-order chi connectivity index (χ1) is 8.51. The van der Waals surface area contributed by atoms with Gasteiger partial charge >= 0.3 is 18.3 Å². The van der Waals surface area contributed by atoms with E-state index in [0.29, 0.717) is 4.90 Å². The maximum atomic E-state index is 12.1. The highest BCUT2D eigenvalue weighted by atomic mass is 35.5. The maximum absolute atomic E-state index is 12.1. The second-order valence-corrected chi connectivity index (χ2v) is 4.30. The molecule has 3 nitrogen and oxygen atoms in total. The molecular weight excluding hydrogens is 302 g/mol. The van der Waals surface area contributed by atoms with E-state index in [1.807, 2.05) is 0 Å². The molecule has 0 radical (unpaired) electrons. The topological polar surface area (TPSA) is 32.7 Å². The van der Waals surface area contributed by atoms with Gasteiger partial charge in [-0.05, 0) is 12.8 Å². The highest BCUT2D eigenvalue weighted by molar-refractivity contribution is 6.66. The molecule has 0 aromatic carbocycles. The third-order valence-corrected chi connectivity index (χ3v) is 2.84. The van der Waals surface area contributed by atoms with Gasteiger partial charge in [0.05, 0.1) is 6.04 Å². The number of piperidine rings is 1. The van der Waals surface area contributed by atoms with Crippen LogP contribution in [0.4, 0.5) is 26.3 Å². The molecule has 1 heterocycles. The molecule has 0 unspecified atom stereocenters. The van der Waals surface area contributed by atoms with E-state index in [1.165, 1.54) is 0 Å². The Hall–Kier alpha value is -0.990. The fourth-order valence-electron chi connectivity index (χ4n) is 1.61. The molecule has 0 saturated carbocycles. The van der Waals surface area contributed by atoms with Crippen molar-refractivity contribution in [2.24, 2.45) is 4.99 Å². The summed E-state index contributed by atoms with van der Waals surface area (Å²) >= 11 is 4.93. The number of hydrogen-bond acceptors (Lipinski definition) is 2. The summed E-state index contributed by atoms with van der Waals surface area (Å²) in [5.74, 6) is -1.99. The fraction of sp³-hybridized carbons (Fsp3) is 0.778. The molecule has 0 aliphatic carbocycles. The minimum atomic E-state index is -4.97. The van der Waals surface area contributed by atoms with Crippen LogP contribution in [-0.4, -0.2) is 47.5 Å². The molecule has 1 amide bonds. The van der Waals surface area contributed by atoms with E-state index in [-0.39, 0.29) is 25.9 Å². The lowest BCUT2D eigenvalue weighted by molar-refractivity contribution is -0.186. The zero-order chi connectivity index (χ0) is 14.8. The predicted molar refractivity (Wildman–Crippen MR) is 55.0 cm³/mol. The number of amides is 1. The zero-order valence-electron chi connectivity index (χ0n) is 9.35. The lowest BCUT2D eigenvalue weighted by Gasteiger charge is -2.30. The molecule has 1 aliphatic rings. The van der Waals surface area contributed by atoms with Crippen LogP contribution in [0.2, 0.25) is 0 Å². The summed E-state index contributed by atoms with van der Waals surface area (Å²) < 4.78 is 72.6. The Kier molecular flexibility index (Phi) is 4.70. The second-order valence-electron chi connectivity index (χ2n) is 3.94. The van der Waals surface area contributed by atoms with Gasteiger partial charge in [0.2, 0.25) is 5.17 Å². The zero-order valence-corrected chi connectivity index (χ0v) is 10.1. The van der Waals surface area contributed by atoms with Crippen LogP contribution < -0.4 is 0 Å². The molecule has 0 aromatic rings. The van der Waals surface area contributed by atoms with E-state index in [9.17, 15) is 31.1 Å². The van der Waals surface area contributed by atoms with Crippen molar-refractivity contribution in [3.63, 3.8) is 0 Å². The van der Waals surface area contributed by atoms with Crippen molar-refractivity contribution in [3.8, 4) is 0 Å². The number of alkyl halides is 6. The second kappa shape index (κ2) is 5.56. The Morgan fingerprint density at radius 3 is 1.89 bits per heavy atom. The molecule has 0 N–H and O–H groups in total. The van der Waals surface area contributed by atoms with E-state index >= 15 is 0 Å². The van der Waals surface area contributed by atoms with Crippen molar-refractivity contribution >= 4 is 22.7 Å². The van der Waals surface area contributed by atoms with Crippen molar-refractivity contribution < 1.29 is 31.1 Å². The molecule has 1 fully saturated rings. The summed E-state index contributed by atoms with van der Waals surface area (Å²) in [6.07, 6.45) is -9.91. The van der Waals surface area contributed by atoms with Gasteiger partial charge in [0.15, 0.2) is 0 Å². The lowest BCUT2D eigenvalue weighted by atomic mass is 10.1. The Morgan fingerprint density at radius 1 is 1.05 bits per heavy atom. The number of likely N-dealkylation sites (tertiary alicyclic amines) is 1. The van der Waals surface area contributed by atoms with Crippen LogP contribution in [-0.2, 0) is 4.79 Å². The monoisotopic (exact) mass is 310 g/mol. The van der Waals surface area contributed by atoms with Crippen LogP contribution in [0.3, 0.4) is 0 Å². The number of nitrogens with zero attached hydrogens (tertiary/aromatic N) is 2. The average Bonchev–Trinajstić information content (AvgIpc) is 2.26. The summed E-state index contributed by atoms with van der Waals surface area (Å²) in [4.78, 5) is 14.6. The van der Waals surface area contributed by atoms with E-state index < -0.39 is 29.5 Å². The standard InChI is InChI=1S/C9H9ClF6N2O/c10-6(8(11,12)13)17-5-1-3-18(4-2-5)7(19)9(14,15)16/h5H,1-4H2. The molecule has 0 atom stereocenters. The smallest absolute Gasteiger partial charge is 0.335 e. The van der Waals surface area contributed by atoms with Crippen LogP contribution in [0, 0.1) is 0 Å². The van der Waals surface area contributed by atoms with Gasteiger partial charge in [-0.1, -0.05) is 11.6 Å². The Morgan fingerprint density at radius 2 is 1.53 bits per heavy atom. The average molecular weight is 311 g/mol. The molecule has 1 aliphatic heterocycles. The first-order valence-electron chi connectivity index (χ1n) is 5.18.